The molecule has 4 heterocycles. The average Bonchev–Trinajstić information content (AvgIpc) is 3.43. The van der Waals surface area contributed by atoms with Gasteiger partial charge in [-0.2, -0.15) is 5.10 Å². The van der Waals surface area contributed by atoms with Gasteiger partial charge in [0.1, 0.15) is 11.5 Å². The molecule has 154 valence electrons. The normalized spacial score (nSPS) is 11.4. The van der Waals surface area contributed by atoms with Gasteiger partial charge in [-0.1, -0.05) is 24.3 Å². The van der Waals surface area contributed by atoms with E-state index >= 15 is 0 Å². The predicted molar refractivity (Wildman–Crippen MR) is 125 cm³/mol. The molecular weight excluding hydrogens is 401 g/mol. The number of H-pyrrole nitrogens is 2. The third-order valence-corrected chi connectivity index (χ3v) is 5.88. The number of hydrogen-bond donors (Lipinski definition) is 2. The Balaban J connectivity index is 1.53. The Hall–Kier alpha value is -4.32. The minimum Gasteiger partial charge on any atom is -0.352 e. The van der Waals surface area contributed by atoms with Crippen LogP contribution in [0.3, 0.4) is 0 Å². The summed E-state index contributed by atoms with van der Waals surface area (Å²) in [6, 6.07) is 17.0. The molecule has 4 aromatic heterocycles. The van der Waals surface area contributed by atoms with Crippen molar-refractivity contribution in [2.45, 2.75) is 6.92 Å². The number of nitrogens with zero attached hydrogens (tertiary/aromatic N) is 3. The second kappa shape index (κ2) is 7.13. The van der Waals surface area contributed by atoms with Gasteiger partial charge in [-0.15, -0.1) is 0 Å². The molecule has 0 radical (unpaired) electrons. The number of nitrogens with one attached hydrogen (secondary N) is 2. The number of pyridine rings is 2. The maximum absolute atomic E-state index is 14.5. The number of aromatic amines is 2. The minimum atomic E-state index is -0.272. The van der Waals surface area contributed by atoms with Crippen LogP contribution in [0.2, 0.25) is 0 Å². The highest BCUT2D eigenvalue weighted by Gasteiger charge is 2.16. The van der Waals surface area contributed by atoms with Crippen LogP contribution in [-0.4, -0.2) is 25.1 Å². The van der Waals surface area contributed by atoms with E-state index < -0.39 is 0 Å². The number of aryl methyl sites for hydroxylation is 1. The van der Waals surface area contributed by atoms with Crippen molar-refractivity contribution < 1.29 is 4.39 Å². The van der Waals surface area contributed by atoms with Crippen LogP contribution in [-0.2, 0) is 0 Å². The van der Waals surface area contributed by atoms with E-state index in [9.17, 15) is 4.39 Å². The standard InChI is InChI=1S/C26H18FN5/c1-15-8-9-28-12-20(15)16-6-7-23-19(10-16)26(32-31-23)24-11-18-21(13-29-14-25(18)30-24)17-4-2-3-5-22(17)27/h2-14,30H,1H3,(H,31,32). The first-order chi connectivity index (χ1) is 15.7. The van der Waals surface area contributed by atoms with E-state index in [1.54, 1.807) is 30.7 Å². The first-order valence-electron chi connectivity index (χ1n) is 10.3. The number of aromatic nitrogens is 5. The average molecular weight is 419 g/mol. The van der Waals surface area contributed by atoms with Crippen LogP contribution < -0.4 is 0 Å². The molecule has 0 fully saturated rings. The Morgan fingerprint density at radius 1 is 0.781 bits per heavy atom. The molecule has 6 heteroatoms. The van der Waals surface area contributed by atoms with Crippen LogP contribution in [0.25, 0.3) is 55.4 Å². The van der Waals surface area contributed by atoms with Gasteiger partial charge in [-0.05, 0) is 48.4 Å². The summed E-state index contributed by atoms with van der Waals surface area (Å²) in [6.45, 7) is 2.08. The lowest BCUT2D eigenvalue weighted by atomic mass is 10.0. The molecule has 0 aliphatic heterocycles. The molecule has 0 spiro atoms. The summed E-state index contributed by atoms with van der Waals surface area (Å²) in [4.78, 5) is 12.0. The summed E-state index contributed by atoms with van der Waals surface area (Å²) < 4.78 is 14.5. The fourth-order valence-electron chi connectivity index (χ4n) is 4.23. The third kappa shape index (κ3) is 2.88. The van der Waals surface area contributed by atoms with Gasteiger partial charge in [0.25, 0.3) is 0 Å². The number of benzene rings is 2. The van der Waals surface area contributed by atoms with Crippen LogP contribution in [0.15, 0.2) is 79.4 Å². The molecule has 0 aliphatic carbocycles. The summed E-state index contributed by atoms with van der Waals surface area (Å²) in [6.07, 6.45) is 7.13. The van der Waals surface area contributed by atoms with E-state index in [0.29, 0.717) is 5.56 Å². The lowest BCUT2D eigenvalue weighted by Gasteiger charge is -2.05. The molecule has 2 aromatic carbocycles. The monoisotopic (exact) mass is 419 g/mol. The Bertz CT molecular complexity index is 1610. The van der Waals surface area contributed by atoms with Crippen LogP contribution >= 0.6 is 0 Å². The van der Waals surface area contributed by atoms with Crippen molar-refractivity contribution in [1.82, 2.24) is 25.1 Å². The third-order valence-electron chi connectivity index (χ3n) is 5.88. The lowest BCUT2D eigenvalue weighted by molar-refractivity contribution is 0.631. The highest BCUT2D eigenvalue weighted by atomic mass is 19.1. The van der Waals surface area contributed by atoms with Gasteiger partial charge >= 0.3 is 0 Å². The zero-order valence-electron chi connectivity index (χ0n) is 17.2. The van der Waals surface area contributed by atoms with Crippen LogP contribution in [0.1, 0.15) is 5.56 Å². The van der Waals surface area contributed by atoms with Crippen molar-refractivity contribution in [2.24, 2.45) is 0 Å². The molecule has 5 nitrogen and oxygen atoms in total. The van der Waals surface area contributed by atoms with Gasteiger partial charge < -0.3 is 4.98 Å². The van der Waals surface area contributed by atoms with Crippen LogP contribution in [0.5, 0.6) is 0 Å². The Morgan fingerprint density at radius 2 is 1.66 bits per heavy atom. The smallest absolute Gasteiger partial charge is 0.131 e. The molecule has 0 bridgehead atoms. The van der Waals surface area contributed by atoms with E-state index in [0.717, 1.165) is 55.4 Å². The molecular formula is C26H18FN5. The molecule has 0 aliphatic rings. The molecule has 0 saturated heterocycles. The first-order valence-corrected chi connectivity index (χ1v) is 10.3. The van der Waals surface area contributed by atoms with Gasteiger partial charge in [-0.25, -0.2) is 4.39 Å². The zero-order chi connectivity index (χ0) is 21.7. The SMILES string of the molecule is Cc1ccncc1-c1ccc2[nH]nc(-c3cc4c(-c5ccccc5F)cncc4[nH]3)c2c1. The van der Waals surface area contributed by atoms with Crippen molar-refractivity contribution in [1.29, 1.82) is 0 Å². The van der Waals surface area contributed by atoms with E-state index in [1.165, 1.54) is 6.07 Å². The molecule has 6 aromatic rings. The highest BCUT2D eigenvalue weighted by Crippen LogP contribution is 2.35. The zero-order valence-corrected chi connectivity index (χ0v) is 17.2. The second-order valence-electron chi connectivity index (χ2n) is 7.83. The molecule has 0 unspecified atom stereocenters. The lowest BCUT2D eigenvalue weighted by Crippen LogP contribution is -1.85. The van der Waals surface area contributed by atoms with Gasteiger partial charge in [0.05, 0.1) is 22.9 Å². The second-order valence-corrected chi connectivity index (χ2v) is 7.83. The van der Waals surface area contributed by atoms with Crippen LogP contribution in [0.4, 0.5) is 4.39 Å². The number of hydrogen-bond acceptors (Lipinski definition) is 3. The molecule has 32 heavy (non-hydrogen) atoms. The van der Waals surface area contributed by atoms with E-state index in [2.05, 4.69) is 44.2 Å². The number of halogens is 1. The van der Waals surface area contributed by atoms with Crippen LogP contribution in [0, 0.1) is 12.7 Å². The highest BCUT2D eigenvalue weighted by molar-refractivity contribution is 6.01. The Labute approximate surface area is 183 Å². The maximum Gasteiger partial charge on any atom is 0.131 e. The largest absolute Gasteiger partial charge is 0.352 e. The Morgan fingerprint density at radius 3 is 2.53 bits per heavy atom. The van der Waals surface area contributed by atoms with Crippen molar-refractivity contribution in [3.05, 3.63) is 90.8 Å². The van der Waals surface area contributed by atoms with Crippen molar-refractivity contribution in [3.8, 4) is 33.6 Å². The maximum atomic E-state index is 14.5. The first kappa shape index (κ1) is 18.4. The topological polar surface area (TPSA) is 70.2 Å². The van der Waals surface area contributed by atoms with Gasteiger partial charge in [-0.3, -0.25) is 15.1 Å². The van der Waals surface area contributed by atoms with Crippen molar-refractivity contribution in [2.75, 3.05) is 0 Å². The van der Waals surface area contributed by atoms with E-state index in [1.807, 2.05) is 30.5 Å². The fourth-order valence-corrected chi connectivity index (χ4v) is 4.23. The van der Waals surface area contributed by atoms with Crippen molar-refractivity contribution >= 4 is 21.8 Å². The van der Waals surface area contributed by atoms with Crippen molar-refractivity contribution in [3.63, 3.8) is 0 Å². The van der Waals surface area contributed by atoms with E-state index in [-0.39, 0.29) is 5.82 Å². The molecule has 0 amide bonds. The Kier molecular flexibility index (Phi) is 4.11. The quantitative estimate of drug-likeness (QED) is 0.354. The van der Waals surface area contributed by atoms with E-state index in [4.69, 9.17) is 0 Å². The predicted octanol–water partition coefficient (Wildman–Crippen LogP) is 6.28. The summed E-state index contributed by atoms with van der Waals surface area (Å²) in [7, 11) is 0. The van der Waals surface area contributed by atoms with Gasteiger partial charge in [0.2, 0.25) is 0 Å². The molecule has 0 atom stereocenters. The number of rotatable bonds is 3. The number of fused-ring (bicyclic) bond motifs is 2. The minimum absolute atomic E-state index is 0.272. The summed E-state index contributed by atoms with van der Waals surface area (Å²) >= 11 is 0. The summed E-state index contributed by atoms with van der Waals surface area (Å²) in [5, 5.41) is 9.59. The molecule has 0 saturated carbocycles. The summed E-state index contributed by atoms with van der Waals surface area (Å²) in [5.74, 6) is -0.272. The fraction of sp³-hybridized carbons (Fsp3) is 0.0385. The summed E-state index contributed by atoms with van der Waals surface area (Å²) in [5.41, 5.74) is 8.02. The molecule has 6 rings (SSSR count). The molecule has 2 N–H and O–H groups in total. The van der Waals surface area contributed by atoms with Gasteiger partial charge in [0.15, 0.2) is 0 Å². The van der Waals surface area contributed by atoms with Gasteiger partial charge in [0, 0.05) is 46.1 Å².